The molecule has 0 bridgehead atoms. The van der Waals surface area contributed by atoms with Crippen LogP contribution in [0.4, 0.5) is 5.69 Å². The molecule has 2 aliphatic rings. The summed E-state index contributed by atoms with van der Waals surface area (Å²) in [6.45, 7) is 8.40. The van der Waals surface area contributed by atoms with Crippen LogP contribution in [-0.2, 0) is 16.1 Å². The molecule has 6 heteroatoms. The largest absolute Gasteiger partial charge is 0.379 e. The standard InChI is InChI=1S/C17H25N3O2.ClH/c1-13-10-18-11-16(13)17(21)19-15-4-2-14(3-5-15)12-20-6-8-22-9-7-20;/h2-5,13,16,18H,6-12H2,1H3,(H,19,21);1H/t13-,16-;/m1./s1. The van der Waals surface area contributed by atoms with Crippen LogP contribution in [0.5, 0.6) is 0 Å². The van der Waals surface area contributed by atoms with Gasteiger partial charge in [-0.2, -0.15) is 0 Å². The highest BCUT2D eigenvalue weighted by Crippen LogP contribution is 2.19. The summed E-state index contributed by atoms with van der Waals surface area (Å²) in [4.78, 5) is 14.6. The number of morpholine rings is 1. The number of amides is 1. The lowest BCUT2D eigenvalue weighted by Gasteiger charge is -2.26. The van der Waals surface area contributed by atoms with Crippen LogP contribution in [0.1, 0.15) is 12.5 Å². The van der Waals surface area contributed by atoms with E-state index in [1.807, 2.05) is 12.1 Å². The van der Waals surface area contributed by atoms with E-state index in [9.17, 15) is 4.79 Å². The number of anilines is 1. The third-order valence-corrected chi connectivity index (χ3v) is 4.59. The van der Waals surface area contributed by atoms with Crippen molar-refractivity contribution in [3.63, 3.8) is 0 Å². The van der Waals surface area contributed by atoms with E-state index in [2.05, 4.69) is 34.6 Å². The highest BCUT2D eigenvalue weighted by Gasteiger charge is 2.29. The summed E-state index contributed by atoms with van der Waals surface area (Å²) in [6.07, 6.45) is 0. The van der Waals surface area contributed by atoms with Crippen LogP contribution in [0.3, 0.4) is 0 Å². The van der Waals surface area contributed by atoms with E-state index in [4.69, 9.17) is 4.74 Å². The molecule has 0 aromatic heterocycles. The van der Waals surface area contributed by atoms with E-state index in [0.29, 0.717) is 5.92 Å². The van der Waals surface area contributed by atoms with E-state index in [0.717, 1.165) is 51.6 Å². The van der Waals surface area contributed by atoms with Crippen LogP contribution in [0.25, 0.3) is 0 Å². The maximum Gasteiger partial charge on any atom is 0.229 e. The summed E-state index contributed by atoms with van der Waals surface area (Å²) >= 11 is 0. The molecule has 5 nitrogen and oxygen atoms in total. The molecule has 128 valence electrons. The summed E-state index contributed by atoms with van der Waals surface area (Å²) in [6, 6.07) is 8.20. The molecule has 2 aliphatic heterocycles. The van der Waals surface area contributed by atoms with Gasteiger partial charge in [-0.3, -0.25) is 9.69 Å². The SMILES string of the molecule is C[C@@H]1CNC[C@H]1C(=O)Nc1ccc(CN2CCOCC2)cc1.Cl. The molecular weight excluding hydrogens is 314 g/mol. The van der Waals surface area contributed by atoms with Gasteiger partial charge < -0.3 is 15.4 Å². The second kappa shape index (κ2) is 8.64. The number of rotatable bonds is 4. The first-order chi connectivity index (χ1) is 10.7. The summed E-state index contributed by atoms with van der Waals surface area (Å²) in [5, 5.41) is 6.30. The Balaban J connectivity index is 0.00000192. The van der Waals surface area contributed by atoms with Gasteiger partial charge in [0.2, 0.25) is 5.91 Å². The minimum atomic E-state index is 0. The lowest BCUT2D eigenvalue weighted by Crippen LogP contribution is -2.35. The van der Waals surface area contributed by atoms with Gasteiger partial charge in [-0.15, -0.1) is 12.4 Å². The van der Waals surface area contributed by atoms with Gasteiger partial charge in [0.1, 0.15) is 0 Å². The van der Waals surface area contributed by atoms with Crippen molar-refractivity contribution in [2.45, 2.75) is 13.5 Å². The average molecular weight is 340 g/mol. The van der Waals surface area contributed by atoms with Crippen molar-refractivity contribution in [2.75, 3.05) is 44.7 Å². The Morgan fingerprint density at radius 1 is 1.26 bits per heavy atom. The Labute approximate surface area is 144 Å². The van der Waals surface area contributed by atoms with Crippen molar-refractivity contribution in [3.8, 4) is 0 Å². The number of hydrogen-bond donors (Lipinski definition) is 2. The van der Waals surface area contributed by atoms with Crippen molar-refractivity contribution >= 4 is 24.0 Å². The molecule has 0 unspecified atom stereocenters. The molecule has 0 saturated carbocycles. The van der Waals surface area contributed by atoms with Gasteiger partial charge in [0.05, 0.1) is 19.1 Å². The molecule has 2 N–H and O–H groups in total. The van der Waals surface area contributed by atoms with Crippen molar-refractivity contribution in [1.82, 2.24) is 10.2 Å². The fourth-order valence-electron chi connectivity index (χ4n) is 3.11. The summed E-state index contributed by atoms with van der Waals surface area (Å²) in [5.74, 6) is 0.604. The van der Waals surface area contributed by atoms with Gasteiger partial charge in [-0.25, -0.2) is 0 Å². The Morgan fingerprint density at radius 3 is 2.57 bits per heavy atom. The Kier molecular flexibility index (Phi) is 6.84. The molecule has 0 radical (unpaired) electrons. The summed E-state index contributed by atoms with van der Waals surface area (Å²) in [5.41, 5.74) is 2.16. The van der Waals surface area contributed by atoms with Gasteiger partial charge in [0.25, 0.3) is 0 Å². The fourth-order valence-corrected chi connectivity index (χ4v) is 3.11. The van der Waals surface area contributed by atoms with Crippen LogP contribution >= 0.6 is 12.4 Å². The van der Waals surface area contributed by atoms with Crippen LogP contribution in [0.2, 0.25) is 0 Å². The van der Waals surface area contributed by atoms with Gasteiger partial charge in [-0.1, -0.05) is 19.1 Å². The first-order valence-corrected chi connectivity index (χ1v) is 8.13. The summed E-state index contributed by atoms with van der Waals surface area (Å²) in [7, 11) is 0. The first-order valence-electron chi connectivity index (χ1n) is 8.13. The Morgan fingerprint density at radius 2 is 1.96 bits per heavy atom. The number of benzene rings is 1. The number of nitrogens with one attached hydrogen (secondary N) is 2. The molecule has 23 heavy (non-hydrogen) atoms. The molecule has 0 spiro atoms. The van der Waals surface area contributed by atoms with Crippen molar-refractivity contribution < 1.29 is 9.53 Å². The first kappa shape index (κ1) is 18.2. The van der Waals surface area contributed by atoms with Crippen LogP contribution in [0, 0.1) is 11.8 Å². The fraction of sp³-hybridized carbons (Fsp3) is 0.588. The van der Waals surface area contributed by atoms with Crippen molar-refractivity contribution in [3.05, 3.63) is 29.8 Å². The number of carbonyl (C=O) groups excluding carboxylic acids is 1. The number of carbonyl (C=O) groups is 1. The van der Waals surface area contributed by atoms with Gasteiger partial charge in [-0.05, 0) is 30.2 Å². The van der Waals surface area contributed by atoms with E-state index in [1.54, 1.807) is 0 Å². The number of nitrogens with zero attached hydrogens (tertiary/aromatic N) is 1. The number of ether oxygens (including phenoxy) is 1. The molecule has 2 heterocycles. The topological polar surface area (TPSA) is 53.6 Å². The quantitative estimate of drug-likeness (QED) is 0.877. The van der Waals surface area contributed by atoms with Crippen molar-refractivity contribution in [2.24, 2.45) is 11.8 Å². The zero-order valence-corrected chi connectivity index (χ0v) is 14.4. The third-order valence-electron chi connectivity index (χ3n) is 4.59. The van der Waals surface area contributed by atoms with E-state index >= 15 is 0 Å². The molecule has 2 saturated heterocycles. The minimum absolute atomic E-state index is 0. The molecule has 2 fully saturated rings. The van der Waals surface area contributed by atoms with Gasteiger partial charge in [0, 0.05) is 31.9 Å². The Bertz CT molecular complexity index is 503. The highest BCUT2D eigenvalue weighted by atomic mass is 35.5. The van der Waals surface area contributed by atoms with Crippen LogP contribution in [-0.4, -0.2) is 50.2 Å². The highest BCUT2D eigenvalue weighted by molar-refractivity contribution is 5.93. The molecule has 0 aliphatic carbocycles. The monoisotopic (exact) mass is 339 g/mol. The molecule has 1 aromatic rings. The zero-order chi connectivity index (χ0) is 15.4. The van der Waals surface area contributed by atoms with Crippen LogP contribution in [0.15, 0.2) is 24.3 Å². The minimum Gasteiger partial charge on any atom is -0.379 e. The average Bonchev–Trinajstić information content (AvgIpc) is 2.96. The van der Waals surface area contributed by atoms with Crippen LogP contribution < -0.4 is 10.6 Å². The lowest BCUT2D eigenvalue weighted by atomic mass is 9.97. The predicted octanol–water partition coefficient (Wildman–Crippen LogP) is 1.73. The molecule has 1 aromatic carbocycles. The van der Waals surface area contributed by atoms with Crippen molar-refractivity contribution in [1.29, 1.82) is 0 Å². The summed E-state index contributed by atoms with van der Waals surface area (Å²) < 4.78 is 5.36. The van der Waals surface area contributed by atoms with E-state index in [1.165, 1.54) is 5.56 Å². The number of hydrogen-bond acceptors (Lipinski definition) is 4. The third kappa shape index (κ3) is 4.91. The van der Waals surface area contributed by atoms with Gasteiger partial charge in [0.15, 0.2) is 0 Å². The molecule has 1 amide bonds. The number of halogens is 1. The maximum atomic E-state index is 12.3. The molecular formula is C17H26ClN3O2. The second-order valence-corrected chi connectivity index (χ2v) is 6.32. The predicted molar refractivity (Wildman–Crippen MR) is 93.9 cm³/mol. The van der Waals surface area contributed by atoms with E-state index < -0.39 is 0 Å². The molecule has 2 atom stereocenters. The lowest BCUT2D eigenvalue weighted by molar-refractivity contribution is -0.120. The zero-order valence-electron chi connectivity index (χ0n) is 13.6. The normalized spacial score (nSPS) is 24.9. The Hall–Kier alpha value is -1.14. The maximum absolute atomic E-state index is 12.3. The van der Waals surface area contributed by atoms with Gasteiger partial charge >= 0.3 is 0 Å². The smallest absolute Gasteiger partial charge is 0.229 e. The second-order valence-electron chi connectivity index (χ2n) is 6.32. The molecule has 3 rings (SSSR count). The van der Waals surface area contributed by atoms with E-state index in [-0.39, 0.29) is 24.2 Å².